The lowest BCUT2D eigenvalue weighted by Crippen LogP contribution is -2.46. The van der Waals surface area contributed by atoms with Crippen molar-refractivity contribution in [2.75, 3.05) is 7.11 Å². The van der Waals surface area contributed by atoms with Crippen LogP contribution in [-0.2, 0) is 4.79 Å². The number of allylic oxidation sites excluding steroid dienone is 1. The van der Waals surface area contributed by atoms with Crippen molar-refractivity contribution < 1.29 is 13.9 Å². The fraction of sp³-hybridized carbons (Fsp3) is 0.240. The van der Waals surface area contributed by atoms with E-state index in [-0.39, 0.29) is 34.1 Å². The average molecular weight is 468 g/mol. The summed E-state index contributed by atoms with van der Waals surface area (Å²) in [6.45, 7) is 5.27. The van der Waals surface area contributed by atoms with Crippen LogP contribution in [-0.4, -0.2) is 28.6 Å². The van der Waals surface area contributed by atoms with Gasteiger partial charge in [0.05, 0.1) is 34.9 Å². The molecule has 1 amide bonds. The summed E-state index contributed by atoms with van der Waals surface area (Å²) in [4.78, 5) is 29.4. The van der Waals surface area contributed by atoms with Gasteiger partial charge in [0, 0.05) is 23.2 Å². The number of amides is 1. The van der Waals surface area contributed by atoms with Crippen LogP contribution in [0.5, 0.6) is 5.75 Å². The molecule has 0 aliphatic heterocycles. The Labute approximate surface area is 195 Å². The van der Waals surface area contributed by atoms with Crippen LogP contribution in [0, 0.1) is 5.82 Å². The Morgan fingerprint density at radius 2 is 2.12 bits per heavy atom. The van der Waals surface area contributed by atoms with Crippen molar-refractivity contribution in [2.24, 2.45) is 0 Å². The zero-order valence-corrected chi connectivity index (χ0v) is 19.0. The molecule has 33 heavy (non-hydrogen) atoms. The van der Waals surface area contributed by atoms with Gasteiger partial charge in [-0.3, -0.25) is 14.2 Å². The van der Waals surface area contributed by atoms with Crippen LogP contribution in [0.2, 0.25) is 5.02 Å². The van der Waals surface area contributed by atoms with Gasteiger partial charge in [0.15, 0.2) is 0 Å². The molecule has 1 aliphatic rings. The molecule has 0 bridgehead atoms. The van der Waals surface area contributed by atoms with Crippen molar-refractivity contribution >= 4 is 34.5 Å². The maximum absolute atomic E-state index is 14.9. The highest BCUT2D eigenvalue weighted by atomic mass is 35.5. The quantitative estimate of drug-likeness (QED) is 0.523. The molecule has 0 atom stereocenters. The summed E-state index contributed by atoms with van der Waals surface area (Å²) in [6, 6.07) is 5.99. The van der Waals surface area contributed by atoms with Gasteiger partial charge in [0.25, 0.3) is 5.56 Å². The van der Waals surface area contributed by atoms with E-state index < -0.39 is 5.82 Å². The monoisotopic (exact) mass is 467 g/mol. The third kappa shape index (κ3) is 4.04. The molecule has 0 saturated heterocycles. The predicted octanol–water partition coefficient (Wildman–Crippen LogP) is 4.90. The number of aromatic nitrogens is 2. The average Bonchev–Trinajstić information content (AvgIpc) is 2.77. The van der Waals surface area contributed by atoms with Crippen LogP contribution in [0.3, 0.4) is 0 Å². The molecule has 0 radical (unpaired) electrons. The first kappa shape index (κ1) is 22.7. The first-order chi connectivity index (χ1) is 15.9. The van der Waals surface area contributed by atoms with Crippen molar-refractivity contribution in [3.05, 3.63) is 76.1 Å². The lowest BCUT2D eigenvalue weighted by molar-refractivity contribution is -0.117. The third-order valence-electron chi connectivity index (χ3n) is 5.88. The van der Waals surface area contributed by atoms with E-state index in [1.807, 2.05) is 6.92 Å². The second-order valence-electron chi connectivity index (χ2n) is 7.85. The summed E-state index contributed by atoms with van der Waals surface area (Å²) in [7, 11) is 1.46. The number of rotatable bonds is 6. The fourth-order valence-electron chi connectivity index (χ4n) is 4.23. The van der Waals surface area contributed by atoms with E-state index in [9.17, 15) is 14.0 Å². The highest BCUT2D eigenvalue weighted by Crippen LogP contribution is 2.42. The maximum atomic E-state index is 14.9. The Morgan fingerprint density at radius 3 is 2.79 bits per heavy atom. The molecule has 8 heteroatoms. The molecular formula is C25H23ClFN3O3. The number of hydrogen-bond donors (Lipinski definition) is 1. The number of hydrogen-bond acceptors (Lipinski definition) is 4. The van der Waals surface area contributed by atoms with Gasteiger partial charge >= 0.3 is 0 Å². The molecule has 0 unspecified atom stereocenters. The summed E-state index contributed by atoms with van der Waals surface area (Å²) in [5.41, 5.74) is 1.36. The van der Waals surface area contributed by atoms with E-state index in [1.165, 1.54) is 31.6 Å². The normalized spacial score (nSPS) is 17.7. The summed E-state index contributed by atoms with van der Waals surface area (Å²) < 4.78 is 21.8. The molecule has 1 aliphatic carbocycles. The molecule has 170 valence electrons. The number of halogens is 2. The number of carbonyl (C=O) groups is 1. The second-order valence-corrected chi connectivity index (χ2v) is 8.26. The van der Waals surface area contributed by atoms with Crippen LogP contribution in [0.4, 0.5) is 4.39 Å². The van der Waals surface area contributed by atoms with Crippen molar-refractivity contribution in [1.29, 1.82) is 0 Å². The number of nitrogens with one attached hydrogen (secondary N) is 1. The van der Waals surface area contributed by atoms with Gasteiger partial charge in [-0.05, 0) is 44.0 Å². The number of fused-ring (bicyclic) bond motifs is 1. The summed E-state index contributed by atoms with van der Waals surface area (Å²) in [5.74, 6) is -0.393. The van der Waals surface area contributed by atoms with E-state index >= 15 is 0 Å². The van der Waals surface area contributed by atoms with Crippen LogP contribution in [0.25, 0.3) is 28.1 Å². The molecule has 1 fully saturated rings. The zero-order chi connectivity index (χ0) is 23.7. The summed E-state index contributed by atoms with van der Waals surface area (Å²) >= 11 is 6.64. The number of carbonyl (C=O) groups excluding carboxylic acids is 1. The number of nitrogens with zero attached hydrogens (tertiary/aromatic N) is 2. The standard InChI is InChI=1S/C25H23ClFN3O3/c1-4-7-16-22(23-19(27)8-6-9-20(23)33-3)18(26)12-17-24(16)28-13-30(25(17)32)15-10-14(11-15)29-21(31)5-2/h4-9,12-15H,2,10-11H2,1,3H3,(H,29,31)/b7-4+. The number of benzene rings is 2. The topological polar surface area (TPSA) is 73.2 Å². The van der Waals surface area contributed by atoms with Crippen LogP contribution >= 0.6 is 11.6 Å². The molecule has 1 saturated carbocycles. The van der Waals surface area contributed by atoms with Crippen LogP contribution < -0.4 is 15.6 Å². The Morgan fingerprint density at radius 1 is 1.36 bits per heavy atom. The molecule has 1 N–H and O–H groups in total. The lowest BCUT2D eigenvalue weighted by Gasteiger charge is -2.36. The first-order valence-corrected chi connectivity index (χ1v) is 10.9. The van der Waals surface area contributed by atoms with E-state index in [2.05, 4.69) is 16.9 Å². The Bertz CT molecular complexity index is 1340. The van der Waals surface area contributed by atoms with Gasteiger partial charge in [0.2, 0.25) is 5.91 Å². The smallest absolute Gasteiger partial charge is 0.261 e. The number of ether oxygens (including phenoxy) is 1. The van der Waals surface area contributed by atoms with Gasteiger partial charge < -0.3 is 10.1 Å². The van der Waals surface area contributed by atoms with Gasteiger partial charge in [-0.2, -0.15) is 0 Å². The van der Waals surface area contributed by atoms with Gasteiger partial charge in [-0.15, -0.1) is 0 Å². The molecule has 4 rings (SSSR count). The predicted molar refractivity (Wildman–Crippen MR) is 128 cm³/mol. The largest absolute Gasteiger partial charge is 0.496 e. The minimum atomic E-state index is -0.489. The number of methoxy groups -OCH3 is 1. The van der Waals surface area contributed by atoms with E-state index in [0.29, 0.717) is 40.6 Å². The van der Waals surface area contributed by atoms with E-state index in [0.717, 1.165) is 0 Å². The van der Waals surface area contributed by atoms with Crippen molar-refractivity contribution in [3.63, 3.8) is 0 Å². The van der Waals surface area contributed by atoms with Crippen molar-refractivity contribution in [3.8, 4) is 16.9 Å². The van der Waals surface area contributed by atoms with Gasteiger partial charge in [0.1, 0.15) is 11.6 Å². The molecule has 0 spiro atoms. The first-order valence-electron chi connectivity index (χ1n) is 10.5. The third-order valence-corrected chi connectivity index (χ3v) is 6.18. The Kier molecular flexibility index (Phi) is 6.33. The highest BCUT2D eigenvalue weighted by Gasteiger charge is 2.32. The van der Waals surface area contributed by atoms with Gasteiger partial charge in [-0.25, -0.2) is 9.37 Å². The molecule has 2 aromatic carbocycles. The molecule has 3 aromatic rings. The molecule has 6 nitrogen and oxygen atoms in total. The minimum Gasteiger partial charge on any atom is -0.496 e. The Balaban J connectivity index is 1.84. The summed E-state index contributed by atoms with van der Waals surface area (Å²) in [6.07, 6.45) is 7.51. The molecular weight excluding hydrogens is 445 g/mol. The highest BCUT2D eigenvalue weighted by molar-refractivity contribution is 6.35. The molecule has 1 aromatic heterocycles. The van der Waals surface area contributed by atoms with E-state index in [1.54, 1.807) is 28.9 Å². The fourth-order valence-corrected chi connectivity index (χ4v) is 4.53. The molecule has 1 heterocycles. The maximum Gasteiger partial charge on any atom is 0.261 e. The van der Waals surface area contributed by atoms with Crippen molar-refractivity contribution in [2.45, 2.75) is 31.8 Å². The van der Waals surface area contributed by atoms with Crippen LogP contribution in [0.1, 0.15) is 31.4 Å². The van der Waals surface area contributed by atoms with Crippen molar-refractivity contribution in [1.82, 2.24) is 14.9 Å². The van der Waals surface area contributed by atoms with Crippen LogP contribution in [0.15, 0.2) is 54.1 Å². The lowest BCUT2D eigenvalue weighted by atomic mass is 9.86. The zero-order valence-electron chi connectivity index (χ0n) is 18.3. The minimum absolute atomic E-state index is 0.0128. The van der Waals surface area contributed by atoms with E-state index in [4.69, 9.17) is 16.3 Å². The SMILES string of the molecule is C=CC(=O)NC1CC(n2cnc3c(/C=C/C)c(-c4c(F)cccc4OC)c(Cl)cc3c2=O)C1. The Hall–Kier alpha value is -3.45. The second kappa shape index (κ2) is 9.19. The van der Waals surface area contributed by atoms with Gasteiger partial charge in [-0.1, -0.05) is 36.4 Å². The summed E-state index contributed by atoms with van der Waals surface area (Å²) in [5, 5.41) is 3.39.